The molecular formula is C22H22ClN3O2. The third kappa shape index (κ3) is 4.87. The van der Waals surface area contributed by atoms with E-state index in [0.717, 1.165) is 22.5 Å². The van der Waals surface area contributed by atoms with Gasteiger partial charge in [0.25, 0.3) is 0 Å². The van der Waals surface area contributed by atoms with E-state index in [2.05, 4.69) is 15.3 Å². The van der Waals surface area contributed by atoms with Gasteiger partial charge in [-0.3, -0.25) is 9.97 Å². The fourth-order valence-corrected chi connectivity index (χ4v) is 2.85. The van der Waals surface area contributed by atoms with Gasteiger partial charge in [-0.05, 0) is 58.0 Å². The van der Waals surface area contributed by atoms with Crippen molar-refractivity contribution in [3.05, 3.63) is 71.1 Å². The molecule has 1 N–H and O–H groups in total. The molecule has 0 spiro atoms. The molecule has 0 radical (unpaired) electrons. The first kappa shape index (κ1) is 19.8. The van der Waals surface area contributed by atoms with Crippen molar-refractivity contribution < 1.29 is 9.53 Å². The van der Waals surface area contributed by atoms with Crippen LogP contribution >= 0.6 is 11.6 Å². The lowest BCUT2D eigenvalue weighted by Crippen LogP contribution is -2.24. The second-order valence-electron chi connectivity index (χ2n) is 7.46. The number of benzene rings is 1. The number of nitrogens with zero attached hydrogens (tertiary/aromatic N) is 2. The van der Waals surface area contributed by atoms with E-state index in [4.69, 9.17) is 16.3 Å². The molecule has 0 aliphatic rings. The molecule has 28 heavy (non-hydrogen) atoms. The number of pyridine rings is 2. The summed E-state index contributed by atoms with van der Waals surface area (Å²) in [6.07, 6.45) is 4.96. The van der Waals surface area contributed by atoms with Crippen LogP contribution in [0.25, 0.3) is 11.3 Å². The summed E-state index contributed by atoms with van der Waals surface area (Å²) in [5.41, 5.74) is 3.87. The summed E-state index contributed by atoms with van der Waals surface area (Å²) in [6.45, 7) is 7.48. The van der Waals surface area contributed by atoms with Gasteiger partial charge in [-0.1, -0.05) is 23.2 Å². The molecule has 0 saturated carbocycles. The predicted molar refractivity (Wildman–Crippen MR) is 112 cm³/mol. The number of carbonyl (C=O) groups excluding carboxylic acids is 1. The molecule has 0 fully saturated rings. The molecule has 144 valence electrons. The summed E-state index contributed by atoms with van der Waals surface area (Å²) in [7, 11) is 0. The summed E-state index contributed by atoms with van der Waals surface area (Å²) in [5.74, 6) is -0.369. The Kier molecular flexibility index (Phi) is 5.66. The lowest BCUT2D eigenvalue weighted by molar-refractivity contribution is 0.00706. The minimum Gasteiger partial charge on any atom is -0.456 e. The number of ether oxygens (including phenoxy) is 1. The Morgan fingerprint density at radius 2 is 1.89 bits per heavy atom. The third-order valence-corrected chi connectivity index (χ3v) is 4.19. The van der Waals surface area contributed by atoms with E-state index in [0.29, 0.717) is 16.3 Å². The zero-order chi connectivity index (χ0) is 20.3. The smallest absolute Gasteiger partial charge is 0.340 e. The highest BCUT2D eigenvalue weighted by Gasteiger charge is 2.20. The van der Waals surface area contributed by atoms with Crippen LogP contribution in [0, 0.1) is 6.92 Å². The molecule has 1 aromatic carbocycles. The van der Waals surface area contributed by atoms with E-state index in [-0.39, 0.29) is 5.97 Å². The highest BCUT2D eigenvalue weighted by atomic mass is 35.5. The van der Waals surface area contributed by atoms with Crippen LogP contribution < -0.4 is 5.32 Å². The topological polar surface area (TPSA) is 64.1 Å². The van der Waals surface area contributed by atoms with Crippen molar-refractivity contribution in [3.63, 3.8) is 0 Å². The number of anilines is 2. The van der Waals surface area contributed by atoms with Gasteiger partial charge >= 0.3 is 5.97 Å². The zero-order valence-electron chi connectivity index (χ0n) is 16.3. The Morgan fingerprint density at radius 3 is 2.54 bits per heavy atom. The number of aromatic nitrogens is 2. The van der Waals surface area contributed by atoms with Gasteiger partial charge in [-0.25, -0.2) is 4.79 Å². The van der Waals surface area contributed by atoms with Gasteiger partial charge in [0.05, 0.1) is 33.9 Å². The Morgan fingerprint density at radius 1 is 1.11 bits per heavy atom. The number of esters is 1. The van der Waals surface area contributed by atoms with Crippen molar-refractivity contribution in [2.75, 3.05) is 5.32 Å². The van der Waals surface area contributed by atoms with Gasteiger partial charge in [0.2, 0.25) is 0 Å². The van der Waals surface area contributed by atoms with Crippen LogP contribution in [0.15, 0.2) is 55.0 Å². The van der Waals surface area contributed by atoms with E-state index < -0.39 is 5.60 Å². The lowest BCUT2D eigenvalue weighted by atomic mass is 10.1. The van der Waals surface area contributed by atoms with Gasteiger partial charge in [-0.15, -0.1) is 0 Å². The van der Waals surface area contributed by atoms with Crippen LogP contribution in [0.5, 0.6) is 0 Å². The predicted octanol–water partition coefficient (Wildman–Crippen LogP) is 5.80. The number of nitrogens with one attached hydrogen (secondary N) is 1. The van der Waals surface area contributed by atoms with E-state index in [1.165, 1.54) is 0 Å². The second-order valence-corrected chi connectivity index (χ2v) is 7.87. The van der Waals surface area contributed by atoms with Crippen molar-refractivity contribution in [1.29, 1.82) is 0 Å². The Hall–Kier alpha value is -2.92. The largest absolute Gasteiger partial charge is 0.456 e. The Bertz CT molecular complexity index is 995. The third-order valence-electron chi connectivity index (χ3n) is 3.88. The molecule has 0 aliphatic carbocycles. The first-order chi connectivity index (χ1) is 13.2. The standard InChI is InChI=1S/C22H22ClN3O2/c1-14-5-7-20(17(11-14)21(27)28-22(2,3)4)26-15-6-8-19(25-12-15)16-9-10-24-13-18(16)23/h5-13,26H,1-4H3. The highest BCUT2D eigenvalue weighted by Crippen LogP contribution is 2.28. The van der Waals surface area contributed by atoms with E-state index in [1.54, 1.807) is 18.6 Å². The average molecular weight is 396 g/mol. The van der Waals surface area contributed by atoms with Gasteiger partial charge in [0, 0.05) is 18.0 Å². The van der Waals surface area contributed by atoms with Crippen molar-refractivity contribution in [2.45, 2.75) is 33.3 Å². The average Bonchev–Trinajstić information content (AvgIpc) is 2.63. The summed E-state index contributed by atoms with van der Waals surface area (Å²) >= 11 is 6.18. The van der Waals surface area contributed by atoms with E-state index in [1.807, 2.05) is 64.1 Å². The molecule has 0 saturated heterocycles. The molecule has 3 rings (SSSR count). The molecule has 3 aromatic rings. The molecule has 5 nitrogen and oxygen atoms in total. The Labute approximate surface area is 169 Å². The van der Waals surface area contributed by atoms with Gasteiger partial charge in [-0.2, -0.15) is 0 Å². The summed E-state index contributed by atoms with van der Waals surface area (Å²) in [4.78, 5) is 21.1. The maximum absolute atomic E-state index is 12.6. The Balaban J connectivity index is 1.86. The van der Waals surface area contributed by atoms with E-state index in [9.17, 15) is 4.79 Å². The van der Waals surface area contributed by atoms with Crippen molar-refractivity contribution in [2.24, 2.45) is 0 Å². The van der Waals surface area contributed by atoms with Gasteiger partial charge in [0.1, 0.15) is 5.60 Å². The normalized spacial score (nSPS) is 11.2. The molecule has 0 aliphatic heterocycles. The molecule has 0 amide bonds. The monoisotopic (exact) mass is 395 g/mol. The SMILES string of the molecule is Cc1ccc(Nc2ccc(-c3ccncc3Cl)nc2)c(C(=O)OC(C)(C)C)c1. The minimum atomic E-state index is -0.564. The van der Waals surface area contributed by atoms with Crippen LogP contribution in [-0.4, -0.2) is 21.5 Å². The maximum Gasteiger partial charge on any atom is 0.340 e. The number of hydrogen-bond acceptors (Lipinski definition) is 5. The second kappa shape index (κ2) is 7.98. The van der Waals surface area contributed by atoms with Crippen molar-refractivity contribution in [1.82, 2.24) is 9.97 Å². The zero-order valence-corrected chi connectivity index (χ0v) is 17.0. The molecular weight excluding hydrogens is 374 g/mol. The van der Waals surface area contributed by atoms with Crippen LogP contribution in [0.4, 0.5) is 11.4 Å². The van der Waals surface area contributed by atoms with Gasteiger partial charge in [0.15, 0.2) is 0 Å². The number of carbonyl (C=O) groups is 1. The molecule has 0 bridgehead atoms. The maximum atomic E-state index is 12.6. The molecule has 2 aromatic heterocycles. The summed E-state index contributed by atoms with van der Waals surface area (Å²) < 4.78 is 5.53. The number of hydrogen-bond donors (Lipinski definition) is 1. The molecule has 0 unspecified atom stereocenters. The highest BCUT2D eigenvalue weighted by molar-refractivity contribution is 6.33. The van der Waals surface area contributed by atoms with Crippen LogP contribution in [0.1, 0.15) is 36.7 Å². The minimum absolute atomic E-state index is 0.369. The van der Waals surface area contributed by atoms with Crippen molar-refractivity contribution >= 4 is 28.9 Å². The number of aryl methyl sites for hydroxylation is 1. The summed E-state index contributed by atoms with van der Waals surface area (Å²) in [6, 6.07) is 11.2. The first-order valence-electron chi connectivity index (χ1n) is 8.90. The van der Waals surface area contributed by atoms with Gasteiger partial charge < -0.3 is 10.1 Å². The molecule has 0 atom stereocenters. The van der Waals surface area contributed by atoms with E-state index >= 15 is 0 Å². The quantitative estimate of drug-likeness (QED) is 0.565. The fourth-order valence-electron chi connectivity index (χ4n) is 2.63. The van der Waals surface area contributed by atoms with Crippen LogP contribution in [0.2, 0.25) is 5.02 Å². The lowest BCUT2D eigenvalue weighted by Gasteiger charge is -2.21. The first-order valence-corrected chi connectivity index (χ1v) is 9.28. The fraction of sp³-hybridized carbons (Fsp3) is 0.227. The molecule has 6 heteroatoms. The summed E-state index contributed by atoms with van der Waals surface area (Å²) in [5, 5.41) is 3.79. The van der Waals surface area contributed by atoms with Crippen LogP contribution in [-0.2, 0) is 4.74 Å². The molecule has 2 heterocycles. The number of rotatable bonds is 4. The van der Waals surface area contributed by atoms with Crippen LogP contribution in [0.3, 0.4) is 0 Å². The van der Waals surface area contributed by atoms with Crippen molar-refractivity contribution in [3.8, 4) is 11.3 Å². The number of halogens is 1.